The molecule has 0 saturated carbocycles. The van der Waals surface area contributed by atoms with Gasteiger partial charge in [0.05, 0.1) is 0 Å². The lowest BCUT2D eigenvalue weighted by Gasteiger charge is -2.18. The standard InChI is InChI=1S/C5H12O2S/c1-3-4-5(6,8)7-2/h6,8H,3-4H2,1-2H3/t5-/m1/s1. The molecule has 0 aliphatic heterocycles. The summed E-state index contributed by atoms with van der Waals surface area (Å²) in [7, 11) is 1.43. The van der Waals surface area contributed by atoms with E-state index in [0.29, 0.717) is 6.42 Å². The van der Waals surface area contributed by atoms with Gasteiger partial charge in [0.25, 0.3) is 0 Å². The van der Waals surface area contributed by atoms with Crippen molar-refractivity contribution in [3.05, 3.63) is 0 Å². The first-order chi connectivity index (χ1) is 3.62. The molecule has 2 nitrogen and oxygen atoms in total. The van der Waals surface area contributed by atoms with Crippen LogP contribution in [0.3, 0.4) is 0 Å². The molecular weight excluding hydrogens is 124 g/mol. The van der Waals surface area contributed by atoms with E-state index in [9.17, 15) is 0 Å². The van der Waals surface area contributed by atoms with Crippen LogP contribution in [0.2, 0.25) is 0 Å². The van der Waals surface area contributed by atoms with Gasteiger partial charge < -0.3 is 9.84 Å². The molecule has 0 fully saturated rings. The summed E-state index contributed by atoms with van der Waals surface area (Å²) in [5, 5.41) is 7.75. The summed E-state index contributed by atoms with van der Waals surface area (Å²) in [6, 6.07) is 0. The fourth-order valence-corrected chi connectivity index (χ4v) is 0.651. The third-order valence-corrected chi connectivity index (χ3v) is 1.31. The molecular formula is C5H12O2S. The van der Waals surface area contributed by atoms with E-state index in [2.05, 4.69) is 17.4 Å². The Labute approximate surface area is 55.3 Å². The van der Waals surface area contributed by atoms with E-state index in [1.165, 1.54) is 7.11 Å². The molecule has 0 heterocycles. The molecule has 0 aromatic rings. The van der Waals surface area contributed by atoms with E-state index in [0.717, 1.165) is 6.42 Å². The van der Waals surface area contributed by atoms with Gasteiger partial charge in [-0.1, -0.05) is 13.3 Å². The van der Waals surface area contributed by atoms with Gasteiger partial charge in [0.1, 0.15) is 0 Å². The van der Waals surface area contributed by atoms with Crippen LogP contribution < -0.4 is 0 Å². The Balaban J connectivity index is 3.37. The topological polar surface area (TPSA) is 29.5 Å². The maximum Gasteiger partial charge on any atom is 0.212 e. The molecule has 0 amide bonds. The normalized spacial score (nSPS) is 18.0. The first kappa shape index (κ1) is 8.27. The smallest absolute Gasteiger partial charge is 0.212 e. The van der Waals surface area contributed by atoms with Gasteiger partial charge >= 0.3 is 0 Å². The zero-order chi connectivity index (χ0) is 6.62. The Hall–Kier alpha value is 0.270. The quantitative estimate of drug-likeness (QED) is 0.448. The predicted octanol–water partition coefficient (Wildman–Crippen LogP) is 1.01. The van der Waals surface area contributed by atoms with Crippen molar-refractivity contribution in [2.24, 2.45) is 0 Å². The van der Waals surface area contributed by atoms with Crippen molar-refractivity contribution >= 4 is 12.6 Å². The van der Waals surface area contributed by atoms with Crippen molar-refractivity contribution in [2.45, 2.75) is 24.9 Å². The number of hydrogen-bond donors (Lipinski definition) is 2. The van der Waals surface area contributed by atoms with Crippen molar-refractivity contribution in [3.63, 3.8) is 0 Å². The maximum absolute atomic E-state index is 8.97. The molecule has 0 spiro atoms. The van der Waals surface area contributed by atoms with E-state index in [-0.39, 0.29) is 0 Å². The van der Waals surface area contributed by atoms with Gasteiger partial charge in [0, 0.05) is 13.5 Å². The van der Waals surface area contributed by atoms with E-state index >= 15 is 0 Å². The van der Waals surface area contributed by atoms with Gasteiger partial charge in [-0.15, -0.1) is 12.6 Å². The summed E-state index contributed by atoms with van der Waals surface area (Å²) in [4.78, 5) is 0. The van der Waals surface area contributed by atoms with E-state index in [1.54, 1.807) is 0 Å². The van der Waals surface area contributed by atoms with E-state index < -0.39 is 5.12 Å². The Morgan fingerprint density at radius 2 is 2.25 bits per heavy atom. The molecule has 0 aliphatic carbocycles. The van der Waals surface area contributed by atoms with E-state index in [4.69, 9.17) is 5.11 Å². The van der Waals surface area contributed by atoms with Gasteiger partial charge in [-0.05, 0) is 0 Å². The van der Waals surface area contributed by atoms with Crippen molar-refractivity contribution in [1.82, 2.24) is 0 Å². The largest absolute Gasteiger partial charge is 0.357 e. The molecule has 50 valence electrons. The third kappa shape index (κ3) is 3.29. The Bertz CT molecular complexity index is 63.4. The predicted molar refractivity (Wildman–Crippen MR) is 35.9 cm³/mol. The number of rotatable bonds is 3. The molecule has 1 N–H and O–H groups in total. The van der Waals surface area contributed by atoms with Gasteiger partial charge in [-0.25, -0.2) is 0 Å². The average Bonchev–Trinajstić information content (AvgIpc) is 1.67. The van der Waals surface area contributed by atoms with Gasteiger partial charge in [-0.3, -0.25) is 0 Å². The molecule has 0 aromatic heterocycles. The molecule has 0 aliphatic rings. The van der Waals surface area contributed by atoms with Crippen LogP contribution in [0.1, 0.15) is 19.8 Å². The van der Waals surface area contributed by atoms with Gasteiger partial charge in [-0.2, -0.15) is 0 Å². The second-order valence-corrected chi connectivity index (χ2v) is 2.40. The number of methoxy groups -OCH3 is 1. The van der Waals surface area contributed by atoms with Crippen LogP contribution in [0.25, 0.3) is 0 Å². The first-order valence-electron chi connectivity index (χ1n) is 2.62. The number of hydrogen-bond acceptors (Lipinski definition) is 3. The lowest BCUT2D eigenvalue weighted by molar-refractivity contribution is -0.110. The highest BCUT2D eigenvalue weighted by Crippen LogP contribution is 2.16. The van der Waals surface area contributed by atoms with Crippen molar-refractivity contribution in [2.75, 3.05) is 7.11 Å². The van der Waals surface area contributed by atoms with Crippen LogP contribution in [0.5, 0.6) is 0 Å². The third-order valence-electron chi connectivity index (χ3n) is 0.903. The first-order valence-corrected chi connectivity index (χ1v) is 3.07. The molecule has 0 aromatic carbocycles. The monoisotopic (exact) mass is 136 g/mol. The highest BCUT2D eigenvalue weighted by atomic mass is 32.1. The van der Waals surface area contributed by atoms with Crippen LogP contribution in [-0.2, 0) is 4.74 Å². The summed E-state index contributed by atoms with van der Waals surface area (Å²) in [6.07, 6.45) is 1.43. The number of ether oxygens (including phenoxy) is 1. The lowest BCUT2D eigenvalue weighted by Crippen LogP contribution is -2.22. The number of aliphatic hydroxyl groups is 1. The maximum atomic E-state index is 8.97. The molecule has 0 rings (SSSR count). The van der Waals surface area contributed by atoms with Crippen LogP contribution >= 0.6 is 12.6 Å². The minimum Gasteiger partial charge on any atom is -0.357 e. The zero-order valence-electron chi connectivity index (χ0n) is 5.22. The number of thiol groups is 1. The Morgan fingerprint density at radius 3 is 2.38 bits per heavy atom. The van der Waals surface area contributed by atoms with Crippen LogP contribution in [0.4, 0.5) is 0 Å². The summed E-state index contributed by atoms with van der Waals surface area (Å²) < 4.78 is 4.60. The summed E-state index contributed by atoms with van der Waals surface area (Å²) >= 11 is 3.80. The molecule has 3 heteroatoms. The lowest BCUT2D eigenvalue weighted by atomic mass is 10.3. The molecule has 8 heavy (non-hydrogen) atoms. The molecule has 1 atom stereocenters. The Morgan fingerprint density at radius 1 is 1.75 bits per heavy atom. The average molecular weight is 136 g/mol. The minimum absolute atomic E-state index is 0.562. The van der Waals surface area contributed by atoms with Crippen LogP contribution in [0.15, 0.2) is 0 Å². The molecule has 0 radical (unpaired) electrons. The minimum atomic E-state index is -1.21. The fourth-order valence-electron chi connectivity index (χ4n) is 0.428. The molecule has 0 bridgehead atoms. The highest BCUT2D eigenvalue weighted by molar-refractivity contribution is 7.81. The SMILES string of the molecule is CCC[C@](O)(S)OC. The van der Waals surface area contributed by atoms with Crippen molar-refractivity contribution in [3.8, 4) is 0 Å². The van der Waals surface area contributed by atoms with Crippen LogP contribution in [0, 0.1) is 0 Å². The molecule has 0 saturated heterocycles. The van der Waals surface area contributed by atoms with Gasteiger partial charge in [0.15, 0.2) is 0 Å². The van der Waals surface area contributed by atoms with E-state index in [1.807, 2.05) is 6.92 Å². The zero-order valence-corrected chi connectivity index (χ0v) is 6.11. The molecule has 0 unspecified atom stereocenters. The highest BCUT2D eigenvalue weighted by Gasteiger charge is 2.17. The van der Waals surface area contributed by atoms with Gasteiger partial charge in [0.2, 0.25) is 5.12 Å². The summed E-state index contributed by atoms with van der Waals surface area (Å²) in [5.41, 5.74) is 0. The second kappa shape index (κ2) is 3.33. The summed E-state index contributed by atoms with van der Waals surface area (Å²) in [5.74, 6) is 0. The Kier molecular flexibility index (Phi) is 3.44. The van der Waals surface area contributed by atoms with Crippen molar-refractivity contribution in [1.29, 1.82) is 0 Å². The fraction of sp³-hybridized carbons (Fsp3) is 1.00. The summed E-state index contributed by atoms with van der Waals surface area (Å²) in [6.45, 7) is 1.96. The second-order valence-electron chi connectivity index (χ2n) is 1.70. The van der Waals surface area contributed by atoms with Crippen LogP contribution in [-0.4, -0.2) is 17.3 Å². The van der Waals surface area contributed by atoms with Crippen molar-refractivity contribution < 1.29 is 9.84 Å².